The van der Waals surface area contributed by atoms with Gasteiger partial charge in [-0.25, -0.2) is 0 Å². The van der Waals surface area contributed by atoms with Crippen molar-refractivity contribution in [2.75, 3.05) is 6.61 Å². The Bertz CT molecular complexity index is 368. The Balaban J connectivity index is 2.75. The molecular formula is C13H19Cl2NO. The lowest BCUT2D eigenvalue weighted by molar-refractivity contribution is 0.201. The lowest BCUT2D eigenvalue weighted by atomic mass is 10.0. The third-order valence-electron chi connectivity index (χ3n) is 2.91. The Morgan fingerprint density at radius 1 is 1.18 bits per heavy atom. The van der Waals surface area contributed by atoms with Crippen molar-refractivity contribution < 1.29 is 5.11 Å². The molecule has 0 spiro atoms. The van der Waals surface area contributed by atoms with Crippen LogP contribution >= 0.6 is 23.2 Å². The molecule has 2 N–H and O–H groups in total. The minimum absolute atomic E-state index is 0.0828. The largest absolute Gasteiger partial charge is 0.395 e. The van der Waals surface area contributed by atoms with E-state index in [0.717, 1.165) is 5.56 Å². The first-order valence-electron chi connectivity index (χ1n) is 5.77. The molecule has 1 unspecified atom stereocenters. The zero-order chi connectivity index (χ0) is 13.0. The first-order chi connectivity index (χ1) is 7.95. The molecule has 2 nitrogen and oxygen atoms in total. The highest BCUT2D eigenvalue weighted by Crippen LogP contribution is 2.26. The van der Waals surface area contributed by atoms with E-state index in [0.29, 0.717) is 16.0 Å². The minimum Gasteiger partial charge on any atom is -0.395 e. The summed E-state index contributed by atoms with van der Waals surface area (Å²) in [6.45, 7) is 6.33. The second-order valence-corrected chi connectivity index (χ2v) is 5.41. The number of nitrogens with one attached hydrogen (secondary N) is 1. The van der Waals surface area contributed by atoms with Gasteiger partial charge in [-0.1, -0.05) is 43.1 Å². The van der Waals surface area contributed by atoms with Crippen molar-refractivity contribution >= 4 is 23.2 Å². The molecular weight excluding hydrogens is 257 g/mol. The van der Waals surface area contributed by atoms with Gasteiger partial charge in [0.05, 0.1) is 16.7 Å². The standard InChI is InChI=1S/C13H19Cl2NO/c1-8(2)13(7-17)16-9(3)10-4-5-11(14)12(15)6-10/h4-6,8-9,13,16-17H,7H2,1-3H3/t9?,13-/m1/s1. The number of aliphatic hydroxyl groups excluding tert-OH is 1. The Hall–Kier alpha value is -0.280. The summed E-state index contributed by atoms with van der Waals surface area (Å²) < 4.78 is 0. The van der Waals surface area contributed by atoms with Crippen LogP contribution in [0.25, 0.3) is 0 Å². The van der Waals surface area contributed by atoms with Gasteiger partial charge in [-0.05, 0) is 30.5 Å². The zero-order valence-electron chi connectivity index (χ0n) is 10.4. The maximum atomic E-state index is 9.28. The van der Waals surface area contributed by atoms with Gasteiger partial charge in [0.2, 0.25) is 0 Å². The Morgan fingerprint density at radius 2 is 1.82 bits per heavy atom. The molecule has 17 heavy (non-hydrogen) atoms. The highest BCUT2D eigenvalue weighted by molar-refractivity contribution is 6.42. The van der Waals surface area contributed by atoms with Crippen LogP contribution in [0.4, 0.5) is 0 Å². The number of benzene rings is 1. The van der Waals surface area contributed by atoms with Crippen LogP contribution in [0.3, 0.4) is 0 Å². The first-order valence-corrected chi connectivity index (χ1v) is 6.53. The third kappa shape index (κ3) is 4.14. The Kier molecular flexibility index (Phi) is 5.74. The monoisotopic (exact) mass is 275 g/mol. The molecule has 0 fully saturated rings. The lowest BCUT2D eigenvalue weighted by Crippen LogP contribution is -2.38. The smallest absolute Gasteiger partial charge is 0.0595 e. The fourth-order valence-corrected chi connectivity index (χ4v) is 1.96. The fraction of sp³-hybridized carbons (Fsp3) is 0.538. The highest BCUT2D eigenvalue weighted by Gasteiger charge is 2.16. The van der Waals surface area contributed by atoms with E-state index < -0.39 is 0 Å². The van der Waals surface area contributed by atoms with E-state index >= 15 is 0 Å². The molecule has 0 aliphatic rings. The van der Waals surface area contributed by atoms with Crippen LogP contribution < -0.4 is 5.32 Å². The summed E-state index contributed by atoms with van der Waals surface area (Å²) in [6.07, 6.45) is 0. The number of hydrogen-bond acceptors (Lipinski definition) is 2. The van der Waals surface area contributed by atoms with Gasteiger partial charge in [-0.15, -0.1) is 0 Å². The van der Waals surface area contributed by atoms with Crippen LogP contribution in [0.2, 0.25) is 10.0 Å². The average molecular weight is 276 g/mol. The van der Waals surface area contributed by atoms with Gasteiger partial charge in [-0.3, -0.25) is 0 Å². The molecule has 0 saturated heterocycles. The van der Waals surface area contributed by atoms with Crippen LogP contribution in [-0.2, 0) is 0 Å². The molecule has 1 aromatic carbocycles. The van der Waals surface area contributed by atoms with Crippen LogP contribution in [0.15, 0.2) is 18.2 Å². The van der Waals surface area contributed by atoms with Crippen LogP contribution in [0.5, 0.6) is 0 Å². The molecule has 0 bridgehead atoms. The van der Waals surface area contributed by atoms with Gasteiger partial charge in [0.25, 0.3) is 0 Å². The molecule has 0 saturated carbocycles. The summed E-state index contributed by atoms with van der Waals surface area (Å²) in [5, 5.41) is 13.8. The number of aliphatic hydroxyl groups is 1. The summed E-state index contributed by atoms with van der Waals surface area (Å²) >= 11 is 11.9. The Morgan fingerprint density at radius 3 is 2.29 bits per heavy atom. The molecule has 96 valence electrons. The summed E-state index contributed by atoms with van der Waals surface area (Å²) in [5.74, 6) is 0.380. The van der Waals surface area contributed by atoms with Gasteiger partial charge in [0, 0.05) is 12.1 Å². The van der Waals surface area contributed by atoms with Crippen LogP contribution in [0.1, 0.15) is 32.4 Å². The minimum atomic E-state index is 0.0828. The van der Waals surface area contributed by atoms with Crippen LogP contribution in [0, 0.1) is 5.92 Å². The SMILES string of the molecule is CC(N[C@H](CO)C(C)C)c1ccc(Cl)c(Cl)c1. The number of rotatable bonds is 5. The molecule has 0 aliphatic carbocycles. The first kappa shape index (κ1) is 14.8. The van der Waals surface area contributed by atoms with Gasteiger partial charge < -0.3 is 10.4 Å². The normalized spacial score (nSPS) is 15.0. The summed E-state index contributed by atoms with van der Waals surface area (Å²) in [6, 6.07) is 5.81. The van der Waals surface area contributed by atoms with E-state index in [2.05, 4.69) is 19.2 Å². The van der Waals surface area contributed by atoms with Crippen molar-refractivity contribution in [3.63, 3.8) is 0 Å². The fourth-order valence-electron chi connectivity index (χ4n) is 1.66. The van der Waals surface area contributed by atoms with E-state index in [4.69, 9.17) is 23.2 Å². The van der Waals surface area contributed by atoms with Gasteiger partial charge >= 0.3 is 0 Å². The maximum Gasteiger partial charge on any atom is 0.0595 e. The summed E-state index contributed by atoms with van der Waals surface area (Å²) in [4.78, 5) is 0. The van der Waals surface area contributed by atoms with Crippen molar-refractivity contribution in [3.8, 4) is 0 Å². The molecule has 0 aromatic heterocycles. The third-order valence-corrected chi connectivity index (χ3v) is 3.65. The molecule has 4 heteroatoms. The predicted octanol–water partition coefficient (Wildman–Crippen LogP) is 3.66. The zero-order valence-corrected chi connectivity index (χ0v) is 11.9. The predicted molar refractivity (Wildman–Crippen MR) is 73.7 cm³/mol. The topological polar surface area (TPSA) is 32.3 Å². The van der Waals surface area contributed by atoms with Gasteiger partial charge in [0.15, 0.2) is 0 Å². The van der Waals surface area contributed by atoms with Gasteiger partial charge in [-0.2, -0.15) is 0 Å². The molecule has 2 atom stereocenters. The maximum absolute atomic E-state index is 9.28. The number of halogens is 2. The lowest BCUT2D eigenvalue weighted by Gasteiger charge is -2.25. The van der Waals surface area contributed by atoms with E-state index in [1.165, 1.54) is 0 Å². The van der Waals surface area contributed by atoms with Crippen molar-refractivity contribution in [1.29, 1.82) is 0 Å². The summed E-state index contributed by atoms with van der Waals surface area (Å²) in [5.41, 5.74) is 1.07. The average Bonchev–Trinajstić information content (AvgIpc) is 2.28. The van der Waals surface area contributed by atoms with E-state index in [1.807, 2.05) is 19.1 Å². The van der Waals surface area contributed by atoms with Crippen molar-refractivity contribution in [3.05, 3.63) is 33.8 Å². The molecule has 0 radical (unpaired) electrons. The van der Waals surface area contributed by atoms with Crippen molar-refractivity contribution in [1.82, 2.24) is 5.32 Å². The van der Waals surface area contributed by atoms with E-state index in [1.54, 1.807) is 6.07 Å². The quantitative estimate of drug-likeness (QED) is 0.860. The van der Waals surface area contributed by atoms with Crippen LogP contribution in [-0.4, -0.2) is 17.8 Å². The highest BCUT2D eigenvalue weighted by atomic mass is 35.5. The second-order valence-electron chi connectivity index (χ2n) is 4.59. The molecule has 0 aliphatic heterocycles. The molecule has 1 rings (SSSR count). The van der Waals surface area contributed by atoms with Crippen molar-refractivity contribution in [2.45, 2.75) is 32.9 Å². The second kappa shape index (κ2) is 6.60. The van der Waals surface area contributed by atoms with Gasteiger partial charge in [0.1, 0.15) is 0 Å². The van der Waals surface area contributed by atoms with E-state index in [-0.39, 0.29) is 18.7 Å². The van der Waals surface area contributed by atoms with Crippen molar-refractivity contribution in [2.24, 2.45) is 5.92 Å². The molecule has 0 heterocycles. The number of hydrogen-bond donors (Lipinski definition) is 2. The van der Waals surface area contributed by atoms with E-state index in [9.17, 15) is 5.11 Å². The molecule has 0 amide bonds. The summed E-state index contributed by atoms with van der Waals surface area (Å²) in [7, 11) is 0. The molecule has 1 aromatic rings. The Labute approximate surface area is 113 Å².